The SMILES string of the molecule is c1ccc(-c2nc(C3CNC3)cs2)cc1. The highest BCUT2D eigenvalue weighted by molar-refractivity contribution is 7.13. The number of thiazole rings is 1. The van der Waals surface area contributed by atoms with Crippen LogP contribution in [0.4, 0.5) is 0 Å². The van der Waals surface area contributed by atoms with Gasteiger partial charge in [0.25, 0.3) is 0 Å². The summed E-state index contributed by atoms with van der Waals surface area (Å²) in [5, 5.41) is 6.60. The third-order valence-corrected chi connectivity index (χ3v) is 3.65. The lowest BCUT2D eigenvalue weighted by molar-refractivity contribution is 0.441. The Morgan fingerprint density at radius 2 is 2.00 bits per heavy atom. The molecule has 1 aromatic carbocycles. The summed E-state index contributed by atoms with van der Waals surface area (Å²) in [5.74, 6) is 0.638. The van der Waals surface area contributed by atoms with Gasteiger partial charge in [-0.3, -0.25) is 0 Å². The standard InChI is InChI=1S/C12H12N2S/c1-2-4-9(5-3-1)12-14-11(8-15-12)10-6-13-7-10/h1-5,8,10,13H,6-7H2. The van der Waals surface area contributed by atoms with Crippen LogP contribution in [-0.2, 0) is 0 Å². The minimum atomic E-state index is 0.638. The van der Waals surface area contributed by atoms with E-state index < -0.39 is 0 Å². The van der Waals surface area contributed by atoms with E-state index in [1.807, 2.05) is 6.07 Å². The minimum Gasteiger partial charge on any atom is -0.315 e. The van der Waals surface area contributed by atoms with Gasteiger partial charge in [0.2, 0.25) is 0 Å². The third-order valence-electron chi connectivity index (χ3n) is 2.74. The first kappa shape index (κ1) is 9.07. The van der Waals surface area contributed by atoms with Gasteiger partial charge in [-0.2, -0.15) is 0 Å². The van der Waals surface area contributed by atoms with E-state index in [-0.39, 0.29) is 0 Å². The lowest BCUT2D eigenvalue weighted by Gasteiger charge is -2.25. The van der Waals surface area contributed by atoms with E-state index in [9.17, 15) is 0 Å². The summed E-state index contributed by atoms with van der Waals surface area (Å²) >= 11 is 1.74. The van der Waals surface area contributed by atoms with Gasteiger partial charge >= 0.3 is 0 Å². The van der Waals surface area contributed by atoms with E-state index in [2.05, 4.69) is 39.9 Å². The molecule has 3 rings (SSSR count). The molecule has 1 fully saturated rings. The Kier molecular flexibility index (Phi) is 2.27. The predicted molar refractivity (Wildman–Crippen MR) is 63.2 cm³/mol. The van der Waals surface area contributed by atoms with Crippen LogP contribution < -0.4 is 5.32 Å². The Balaban J connectivity index is 1.90. The van der Waals surface area contributed by atoms with Crippen LogP contribution >= 0.6 is 11.3 Å². The smallest absolute Gasteiger partial charge is 0.123 e. The maximum Gasteiger partial charge on any atom is 0.123 e. The quantitative estimate of drug-likeness (QED) is 0.834. The van der Waals surface area contributed by atoms with Gasteiger partial charge in [-0.1, -0.05) is 30.3 Å². The molecule has 76 valence electrons. The molecule has 1 saturated heterocycles. The molecule has 2 heterocycles. The van der Waals surface area contributed by atoms with E-state index in [0.717, 1.165) is 18.1 Å². The maximum absolute atomic E-state index is 4.68. The molecule has 1 aromatic heterocycles. The second-order valence-corrected chi connectivity index (χ2v) is 4.66. The molecule has 0 saturated carbocycles. The molecule has 0 atom stereocenters. The number of aromatic nitrogens is 1. The van der Waals surface area contributed by atoms with Gasteiger partial charge in [0.1, 0.15) is 5.01 Å². The van der Waals surface area contributed by atoms with Crippen LogP contribution in [-0.4, -0.2) is 18.1 Å². The van der Waals surface area contributed by atoms with Crippen LogP contribution in [0.2, 0.25) is 0 Å². The van der Waals surface area contributed by atoms with Gasteiger partial charge in [0.05, 0.1) is 5.69 Å². The summed E-state index contributed by atoms with van der Waals surface area (Å²) in [6, 6.07) is 10.4. The van der Waals surface area contributed by atoms with Crippen LogP contribution in [0.15, 0.2) is 35.7 Å². The molecule has 3 heteroatoms. The zero-order valence-electron chi connectivity index (χ0n) is 8.31. The van der Waals surface area contributed by atoms with Crippen molar-refractivity contribution in [2.75, 3.05) is 13.1 Å². The number of nitrogens with zero attached hydrogens (tertiary/aromatic N) is 1. The fourth-order valence-corrected chi connectivity index (χ4v) is 2.59. The van der Waals surface area contributed by atoms with Crippen LogP contribution in [0.1, 0.15) is 11.6 Å². The van der Waals surface area contributed by atoms with Gasteiger partial charge in [-0.05, 0) is 0 Å². The number of rotatable bonds is 2. The molecule has 2 aromatic rings. The lowest BCUT2D eigenvalue weighted by atomic mass is 10.0. The van der Waals surface area contributed by atoms with Gasteiger partial charge < -0.3 is 5.32 Å². The summed E-state index contributed by atoms with van der Waals surface area (Å²) < 4.78 is 0. The number of hydrogen-bond donors (Lipinski definition) is 1. The zero-order valence-corrected chi connectivity index (χ0v) is 9.13. The summed E-state index contributed by atoms with van der Waals surface area (Å²) in [6.07, 6.45) is 0. The monoisotopic (exact) mass is 216 g/mol. The van der Waals surface area contributed by atoms with E-state index in [0.29, 0.717) is 5.92 Å². The molecule has 0 aliphatic carbocycles. The Morgan fingerprint density at radius 1 is 1.20 bits per heavy atom. The van der Waals surface area contributed by atoms with Crippen LogP contribution in [0.25, 0.3) is 10.6 Å². The third kappa shape index (κ3) is 1.68. The fraction of sp³-hybridized carbons (Fsp3) is 0.250. The molecular weight excluding hydrogens is 204 g/mol. The van der Waals surface area contributed by atoms with Gasteiger partial charge in [-0.15, -0.1) is 11.3 Å². The largest absolute Gasteiger partial charge is 0.315 e. The Hall–Kier alpha value is -1.19. The number of benzene rings is 1. The van der Waals surface area contributed by atoms with Crippen molar-refractivity contribution in [2.45, 2.75) is 5.92 Å². The molecule has 1 aliphatic heterocycles. The molecule has 0 radical (unpaired) electrons. The second-order valence-electron chi connectivity index (χ2n) is 3.80. The molecule has 1 N–H and O–H groups in total. The van der Waals surface area contributed by atoms with Gasteiger partial charge in [0.15, 0.2) is 0 Å². The molecular formula is C12H12N2S. The van der Waals surface area contributed by atoms with E-state index in [4.69, 9.17) is 0 Å². The van der Waals surface area contributed by atoms with Crippen LogP contribution in [0.3, 0.4) is 0 Å². The summed E-state index contributed by atoms with van der Waals surface area (Å²) in [7, 11) is 0. The molecule has 15 heavy (non-hydrogen) atoms. The minimum absolute atomic E-state index is 0.638. The molecule has 0 bridgehead atoms. The maximum atomic E-state index is 4.68. The van der Waals surface area contributed by atoms with Crippen molar-refractivity contribution < 1.29 is 0 Å². The zero-order chi connectivity index (χ0) is 10.1. The summed E-state index contributed by atoms with van der Waals surface area (Å²) in [4.78, 5) is 4.68. The molecule has 1 aliphatic rings. The molecule has 0 spiro atoms. The second kappa shape index (κ2) is 3.76. The normalized spacial score (nSPS) is 16.3. The first-order valence-electron chi connectivity index (χ1n) is 5.15. The highest BCUT2D eigenvalue weighted by Gasteiger charge is 2.21. The van der Waals surface area contributed by atoms with Crippen molar-refractivity contribution in [1.82, 2.24) is 10.3 Å². The topological polar surface area (TPSA) is 24.9 Å². The number of hydrogen-bond acceptors (Lipinski definition) is 3. The van der Waals surface area contributed by atoms with E-state index in [1.54, 1.807) is 11.3 Å². The lowest BCUT2D eigenvalue weighted by Crippen LogP contribution is -2.40. The number of nitrogens with one attached hydrogen (secondary N) is 1. The summed E-state index contributed by atoms with van der Waals surface area (Å²) in [6.45, 7) is 2.16. The van der Waals surface area contributed by atoms with Crippen LogP contribution in [0.5, 0.6) is 0 Å². The predicted octanol–water partition coefficient (Wildman–Crippen LogP) is 2.50. The average molecular weight is 216 g/mol. The first-order valence-corrected chi connectivity index (χ1v) is 6.03. The van der Waals surface area contributed by atoms with Crippen molar-refractivity contribution in [3.8, 4) is 10.6 Å². The van der Waals surface area contributed by atoms with Crippen molar-refractivity contribution >= 4 is 11.3 Å². The Labute approximate surface area is 93.0 Å². The fourth-order valence-electron chi connectivity index (χ4n) is 1.68. The Morgan fingerprint density at radius 3 is 2.67 bits per heavy atom. The highest BCUT2D eigenvalue weighted by atomic mass is 32.1. The van der Waals surface area contributed by atoms with Crippen molar-refractivity contribution in [3.63, 3.8) is 0 Å². The van der Waals surface area contributed by atoms with E-state index in [1.165, 1.54) is 11.3 Å². The average Bonchev–Trinajstić information content (AvgIpc) is 2.66. The first-order chi connectivity index (χ1) is 7.43. The summed E-state index contributed by atoms with van der Waals surface area (Å²) in [5.41, 5.74) is 2.47. The van der Waals surface area contributed by atoms with Crippen molar-refractivity contribution in [1.29, 1.82) is 0 Å². The highest BCUT2D eigenvalue weighted by Crippen LogP contribution is 2.28. The Bertz CT molecular complexity index is 446. The van der Waals surface area contributed by atoms with Gasteiger partial charge in [0, 0.05) is 30.0 Å². The molecule has 0 unspecified atom stereocenters. The van der Waals surface area contributed by atoms with Gasteiger partial charge in [-0.25, -0.2) is 4.98 Å². The van der Waals surface area contributed by atoms with Crippen LogP contribution in [0, 0.1) is 0 Å². The van der Waals surface area contributed by atoms with Crippen molar-refractivity contribution in [3.05, 3.63) is 41.4 Å². The molecule has 2 nitrogen and oxygen atoms in total. The van der Waals surface area contributed by atoms with E-state index >= 15 is 0 Å². The molecule has 0 amide bonds. The van der Waals surface area contributed by atoms with Crippen molar-refractivity contribution in [2.24, 2.45) is 0 Å².